The van der Waals surface area contributed by atoms with Crippen LogP contribution < -0.4 is 0 Å². The van der Waals surface area contributed by atoms with E-state index in [2.05, 4.69) is 13.0 Å². The predicted molar refractivity (Wildman–Crippen MR) is 83.5 cm³/mol. The Hall–Kier alpha value is -0.340. The molecule has 21 heavy (non-hydrogen) atoms. The van der Waals surface area contributed by atoms with Gasteiger partial charge in [-0.1, -0.05) is 25.0 Å². The van der Waals surface area contributed by atoms with E-state index >= 15 is 0 Å². The predicted octanol–water partition coefficient (Wildman–Crippen LogP) is 4.02. The van der Waals surface area contributed by atoms with Gasteiger partial charge < -0.3 is 10.2 Å². The number of allylic oxidation sites excluding steroid dienone is 2. The SMILES string of the molecule is C[C@]12CCCC=C1CC[C@H]1[C@@H]3CCC[C@@]3(C(O)O)CC[C@@H]12. The molecule has 0 radical (unpaired) electrons. The Kier molecular flexibility index (Phi) is 3.28. The molecule has 118 valence electrons. The van der Waals surface area contributed by atoms with E-state index in [0.717, 1.165) is 24.7 Å². The van der Waals surface area contributed by atoms with E-state index in [4.69, 9.17) is 0 Å². The fourth-order valence-electron chi connectivity index (χ4n) is 6.91. The normalized spacial score (nSPS) is 49.3. The number of rotatable bonds is 1. The van der Waals surface area contributed by atoms with Crippen molar-refractivity contribution >= 4 is 0 Å². The molecule has 0 saturated heterocycles. The van der Waals surface area contributed by atoms with Gasteiger partial charge in [0.1, 0.15) is 0 Å². The van der Waals surface area contributed by atoms with Gasteiger partial charge in [0, 0.05) is 5.41 Å². The molecule has 3 saturated carbocycles. The molecule has 2 heteroatoms. The van der Waals surface area contributed by atoms with Crippen molar-refractivity contribution in [2.75, 3.05) is 0 Å². The van der Waals surface area contributed by atoms with E-state index in [1.54, 1.807) is 5.57 Å². The van der Waals surface area contributed by atoms with Crippen LogP contribution in [-0.2, 0) is 0 Å². The molecular weight excluding hydrogens is 260 g/mol. The molecule has 0 unspecified atom stereocenters. The third kappa shape index (κ3) is 1.84. The standard InChI is InChI=1S/C19H30O2/c1-18-10-3-2-5-13(18)7-8-14-15(18)9-12-19(17(20)21)11-4-6-16(14)19/h5,14-17,20-21H,2-4,6-12H2,1H3/t14-,15+,16+,18+,19-/m1/s1. The third-order valence-corrected chi connectivity index (χ3v) is 7.95. The lowest BCUT2D eigenvalue weighted by atomic mass is 9.47. The zero-order chi connectivity index (χ0) is 14.7. The smallest absolute Gasteiger partial charge is 0.157 e. The fraction of sp³-hybridized carbons (Fsp3) is 0.895. The van der Waals surface area contributed by atoms with Crippen molar-refractivity contribution in [2.24, 2.45) is 28.6 Å². The topological polar surface area (TPSA) is 40.5 Å². The van der Waals surface area contributed by atoms with Gasteiger partial charge in [-0.3, -0.25) is 0 Å². The first-order chi connectivity index (χ1) is 10.1. The van der Waals surface area contributed by atoms with Gasteiger partial charge in [-0.2, -0.15) is 0 Å². The van der Waals surface area contributed by atoms with Crippen LogP contribution in [0.2, 0.25) is 0 Å². The Bertz CT molecular complexity index is 454. The molecule has 4 aliphatic carbocycles. The van der Waals surface area contributed by atoms with Gasteiger partial charge in [0.15, 0.2) is 6.29 Å². The van der Waals surface area contributed by atoms with Gasteiger partial charge in [-0.25, -0.2) is 0 Å². The second-order valence-electron chi connectivity index (χ2n) is 8.49. The van der Waals surface area contributed by atoms with E-state index in [1.807, 2.05) is 0 Å². The van der Waals surface area contributed by atoms with Gasteiger partial charge in [0.2, 0.25) is 0 Å². The molecule has 0 amide bonds. The Morgan fingerprint density at radius 3 is 2.71 bits per heavy atom. The molecule has 0 bridgehead atoms. The second-order valence-corrected chi connectivity index (χ2v) is 8.49. The second kappa shape index (κ2) is 4.83. The van der Waals surface area contributed by atoms with Gasteiger partial charge in [-0.15, -0.1) is 0 Å². The van der Waals surface area contributed by atoms with E-state index < -0.39 is 6.29 Å². The van der Waals surface area contributed by atoms with Crippen LogP contribution in [0.4, 0.5) is 0 Å². The number of hydrogen-bond donors (Lipinski definition) is 2. The summed E-state index contributed by atoms with van der Waals surface area (Å²) in [6, 6.07) is 0. The van der Waals surface area contributed by atoms with Crippen LogP contribution in [0.1, 0.15) is 71.1 Å². The average molecular weight is 290 g/mol. The number of aliphatic hydroxyl groups excluding tert-OH is 1. The summed E-state index contributed by atoms with van der Waals surface area (Å²) in [6.07, 6.45) is 13.7. The molecule has 0 heterocycles. The molecule has 3 fully saturated rings. The highest BCUT2D eigenvalue weighted by Crippen LogP contribution is 2.66. The highest BCUT2D eigenvalue weighted by atomic mass is 16.5. The minimum atomic E-state index is -1.10. The van der Waals surface area contributed by atoms with Crippen LogP contribution in [0.25, 0.3) is 0 Å². The van der Waals surface area contributed by atoms with Crippen LogP contribution in [-0.4, -0.2) is 16.5 Å². The largest absolute Gasteiger partial charge is 0.368 e. The van der Waals surface area contributed by atoms with E-state index in [1.165, 1.54) is 51.4 Å². The Labute approximate surface area is 128 Å². The van der Waals surface area contributed by atoms with E-state index in [9.17, 15) is 10.2 Å². The molecule has 0 spiro atoms. The lowest BCUT2D eigenvalue weighted by Gasteiger charge is -2.58. The Morgan fingerprint density at radius 1 is 1.05 bits per heavy atom. The van der Waals surface area contributed by atoms with Gasteiger partial charge >= 0.3 is 0 Å². The van der Waals surface area contributed by atoms with Crippen molar-refractivity contribution in [1.29, 1.82) is 0 Å². The van der Waals surface area contributed by atoms with Crippen molar-refractivity contribution in [3.8, 4) is 0 Å². The number of hydrogen-bond acceptors (Lipinski definition) is 2. The fourth-order valence-corrected chi connectivity index (χ4v) is 6.91. The number of aliphatic hydroxyl groups is 2. The summed E-state index contributed by atoms with van der Waals surface area (Å²) < 4.78 is 0. The van der Waals surface area contributed by atoms with Crippen molar-refractivity contribution in [1.82, 2.24) is 0 Å². The van der Waals surface area contributed by atoms with Crippen LogP contribution in [0.5, 0.6) is 0 Å². The molecule has 0 aliphatic heterocycles. The zero-order valence-corrected chi connectivity index (χ0v) is 13.4. The monoisotopic (exact) mass is 290 g/mol. The lowest BCUT2D eigenvalue weighted by Crippen LogP contribution is -2.53. The van der Waals surface area contributed by atoms with Gasteiger partial charge in [0.05, 0.1) is 0 Å². The summed E-state index contributed by atoms with van der Waals surface area (Å²) in [5.41, 5.74) is 2.01. The minimum absolute atomic E-state index is 0.159. The van der Waals surface area contributed by atoms with Crippen LogP contribution >= 0.6 is 0 Å². The first-order valence-corrected chi connectivity index (χ1v) is 9.13. The van der Waals surface area contributed by atoms with Crippen LogP contribution in [0.15, 0.2) is 11.6 Å². The summed E-state index contributed by atoms with van der Waals surface area (Å²) in [6.45, 7) is 2.52. The molecule has 0 aromatic carbocycles. The maximum atomic E-state index is 10.1. The molecule has 5 atom stereocenters. The Morgan fingerprint density at radius 2 is 1.90 bits per heavy atom. The van der Waals surface area contributed by atoms with E-state index in [0.29, 0.717) is 11.3 Å². The maximum Gasteiger partial charge on any atom is 0.157 e. The molecule has 0 aromatic heterocycles. The average Bonchev–Trinajstić information content (AvgIpc) is 2.92. The van der Waals surface area contributed by atoms with Crippen molar-refractivity contribution in [3.63, 3.8) is 0 Å². The van der Waals surface area contributed by atoms with Crippen molar-refractivity contribution in [3.05, 3.63) is 11.6 Å². The molecular formula is C19H30O2. The van der Waals surface area contributed by atoms with Crippen LogP contribution in [0.3, 0.4) is 0 Å². The van der Waals surface area contributed by atoms with Crippen molar-refractivity contribution in [2.45, 2.75) is 77.4 Å². The van der Waals surface area contributed by atoms with Gasteiger partial charge in [0.25, 0.3) is 0 Å². The zero-order valence-electron chi connectivity index (χ0n) is 13.4. The molecule has 2 nitrogen and oxygen atoms in total. The quantitative estimate of drug-likeness (QED) is 0.565. The van der Waals surface area contributed by atoms with Crippen LogP contribution in [0, 0.1) is 28.6 Å². The molecule has 4 aliphatic rings. The van der Waals surface area contributed by atoms with Gasteiger partial charge in [-0.05, 0) is 81.0 Å². The first kappa shape index (κ1) is 14.3. The van der Waals surface area contributed by atoms with Crippen molar-refractivity contribution < 1.29 is 10.2 Å². The Balaban J connectivity index is 1.68. The maximum absolute atomic E-state index is 10.1. The molecule has 4 rings (SSSR count). The highest BCUT2D eigenvalue weighted by Gasteiger charge is 2.59. The summed E-state index contributed by atoms with van der Waals surface area (Å²) in [5, 5.41) is 20.1. The molecule has 2 N–H and O–H groups in total. The van der Waals surface area contributed by atoms with E-state index in [-0.39, 0.29) is 5.41 Å². The lowest BCUT2D eigenvalue weighted by molar-refractivity contribution is -0.189. The minimum Gasteiger partial charge on any atom is -0.368 e. The highest BCUT2D eigenvalue weighted by molar-refractivity contribution is 5.23. The summed E-state index contributed by atoms with van der Waals surface area (Å²) in [5.74, 6) is 2.10. The summed E-state index contributed by atoms with van der Waals surface area (Å²) in [7, 11) is 0. The first-order valence-electron chi connectivity index (χ1n) is 9.13. The summed E-state index contributed by atoms with van der Waals surface area (Å²) >= 11 is 0. The molecule has 0 aromatic rings. The third-order valence-electron chi connectivity index (χ3n) is 7.95. The number of fused-ring (bicyclic) bond motifs is 5. The summed E-state index contributed by atoms with van der Waals surface area (Å²) in [4.78, 5) is 0.